The van der Waals surface area contributed by atoms with Gasteiger partial charge in [0.1, 0.15) is 4.90 Å². The average Bonchev–Trinajstić information content (AvgIpc) is 2.49. The predicted molar refractivity (Wildman–Crippen MR) is 89.5 cm³/mol. The summed E-state index contributed by atoms with van der Waals surface area (Å²) in [6.45, 7) is 5.62. The van der Waals surface area contributed by atoms with E-state index >= 15 is 0 Å². The third-order valence-corrected chi connectivity index (χ3v) is 5.57. The molecule has 1 aromatic rings. The molecule has 4 N–H and O–H groups in total. The summed E-state index contributed by atoms with van der Waals surface area (Å²) < 4.78 is 26.0. The standard InChI is InChI=1S/C14H25N5O2S/c1-18(2)22(20,21)14-11-12(15)3-4-13(14)17-7-10-19-8-5-16-6-9-19/h3-4,11,16-17H,5-10,15H2,1-2H3. The lowest BCUT2D eigenvalue weighted by atomic mass is 10.3. The minimum Gasteiger partial charge on any atom is -0.399 e. The quantitative estimate of drug-likeness (QED) is 0.629. The fourth-order valence-corrected chi connectivity index (χ4v) is 3.48. The van der Waals surface area contributed by atoms with E-state index in [1.54, 1.807) is 12.1 Å². The van der Waals surface area contributed by atoms with Crippen LogP contribution in [0.1, 0.15) is 0 Å². The second-order valence-corrected chi connectivity index (χ2v) is 7.68. The van der Waals surface area contributed by atoms with Crippen LogP contribution in [0.3, 0.4) is 0 Å². The number of anilines is 2. The fraction of sp³-hybridized carbons (Fsp3) is 0.571. The summed E-state index contributed by atoms with van der Waals surface area (Å²) >= 11 is 0. The molecule has 7 nitrogen and oxygen atoms in total. The maximum Gasteiger partial charge on any atom is 0.244 e. The van der Waals surface area contributed by atoms with Gasteiger partial charge in [-0.1, -0.05) is 0 Å². The van der Waals surface area contributed by atoms with Gasteiger partial charge in [0.15, 0.2) is 0 Å². The lowest BCUT2D eigenvalue weighted by molar-refractivity contribution is 0.249. The first-order chi connectivity index (χ1) is 10.4. The van der Waals surface area contributed by atoms with Crippen LogP contribution in [-0.2, 0) is 10.0 Å². The number of benzene rings is 1. The summed E-state index contributed by atoms with van der Waals surface area (Å²) in [5.41, 5.74) is 6.78. The van der Waals surface area contributed by atoms with E-state index in [-0.39, 0.29) is 4.90 Å². The van der Waals surface area contributed by atoms with E-state index in [2.05, 4.69) is 15.5 Å². The summed E-state index contributed by atoms with van der Waals surface area (Å²) in [6.07, 6.45) is 0. The molecule has 1 fully saturated rings. The van der Waals surface area contributed by atoms with Gasteiger partial charge in [0.05, 0.1) is 5.69 Å². The summed E-state index contributed by atoms with van der Waals surface area (Å²) in [6, 6.07) is 4.94. The number of rotatable bonds is 6. The van der Waals surface area contributed by atoms with E-state index in [0.717, 1.165) is 32.7 Å². The van der Waals surface area contributed by atoms with Crippen molar-refractivity contribution < 1.29 is 8.42 Å². The van der Waals surface area contributed by atoms with Crippen LogP contribution in [-0.4, -0.2) is 71.0 Å². The van der Waals surface area contributed by atoms with Crippen molar-refractivity contribution >= 4 is 21.4 Å². The molecule has 0 amide bonds. The molecular formula is C14H25N5O2S. The van der Waals surface area contributed by atoms with Crippen molar-refractivity contribution in [1.82, 2.24) is 14.5 Å². The summed E-state index contributed by atoms with van der Waals surface area (Å²) in [5.74, 6) is 0. The van der Waals surface area contributed by atoms with E-state index in [4.69, 9.17) is 5.73 Å². The summed E-state index contributed by atoms with van der Waals surface area (Å²) in [7, 11) is -0.484. The minimum absolute atomic E-state index is 0.220. The molecule has 1 aromatic carbocycles. The van der Waals surface area contributed by atoms with Gasteiger partial charge in [0.2, 0.25) is 10.0 Å². The lowest BCUT2D eigenvalue weighted by Gasteiger charge is -2.27. The average molecular weight is 327 g/mol. The van der Waals surface area contributed by atoms with Gasteiger partial charge in [0, 0.05) is 59.1 Å². The molecule has 2 rings (SSSR count). The first-order valence-electron chi connectivity index (χ1n) is 7.40. The number of nitrogen functional groups attached to an aromatic ring is 1. The van der Waals surface area contributed by atoms with Crippen LogP contribution in [0.2, 0.25) is 0 Å². The second kappa shape index (κ2) is 7.28. The predicted octanol–water partition coefficient (Wildman–Crippen LogP) is -0.164. The highest BCUT2D eigenvalue weighted by Gasteiger charge is 2.21. The van der Waals surface area contributed by atoms with Crippen molar-refractivity contribution in [2.24, 2.45) is 0 Å². The Morgan fingerprint density at radius 1 is 1.32 bits per heavy atom. The zero-order valence-electron chi connectivity index (χ0n) is 13.2. The number of nitrogens with two attached hydrogens (primary N) is 1. The number of nitrogens with one attached hydrogen (secondary N) is 2. The Labute approximate surface area is 132 Å². The summed E-state index contributed by atoms with van der Waals surface area (Å²) in [5, 5.41) is 6.54. The zero-order valence-corrected chi connectivity index (χ0v) is 14.0. The number of piperazine rings is 1. The molecule has 0 atom stereocenters. The Morgan fingerprint density at radius 3 is 2.64 bits per heavy atom. The molecule has 1 heterocycles. The highest BCUT2D eigenvalue weighted by Crippen LogP contribution is 2.25. The molecule has 0 saturated carbocycles. The SMILES string of the molecule is CN(C)S(=O)(=O)c1cc(N)ccc1NCCN1CCNCC1. The topological polar surface area (TPSA) is 90.7 Å². The Balaban J connectivity index is 2.07. The van der Waals surface area contributed by atoms with Crippen LogP contribution in [0.5, 0.6) is 0 Å². The zero-order chi connectivity index (χ0) is 16.2. The molecule has 0 aromatic heterocycles. The molecule has 0 radical (unpaired) electrons. The van der Waals surface area contributed by atoms with Crippen LogP contribution in [0, 0.1) is 0 Å². The van der Waals surface area contributed by atoms with Gasteiger partial charge in [0.25, 0.3) is 0 Å². The highest BCUT2D eigenvalue weighted by atomic mass is 32.2. The maximum absolute atomic E-state index is 12.4. The van der Waals surface area contributed by atoms with Crippen LogP contribution >= 0.6 is 0 Å². The van der Waals surface area contributed by atoms with E-state index in [1.807, 2.05) is 0 Å². The first-order valence-corrected chi connectivity index (χ1v) is 8.84. The van der Waals surface area contributed by atoms with Crippen molar-refractivity contribution in [3.63, 3.8) is 0 Å². The lowest BCUT2D eigenvalue weighted by Crippen LogP contribution is -2.45. The Morgan fingerprint density at radius 2 is 2.00 bits per heavy atom. The largest absolute Gasteiger partial charge is 0.399 e. The van der Waals surface area contributed by atoms with Crippen molar-refractivity contribution in [3.8, 4) is 0 Å². The molecule has 124 valence electrons. The minimum atomic E-state index is -3.52. The molecule has 1 aliphatic rings. The first kappa shape index (κ1) is 17.0. The Bertz CT molecular complexity index is 597. The van der Waals surface area contributed by atoms with Crippen LogP contribution in [0.25, 0.3) is 0 Å². The van der Waals surface area contributed by atoms with Gasteiger partial charge >= 0.3 is 0 Å². The molecule has 1 aliphatic heterocycles. The van der Waals surface area contributed by atoms with Gasteiger partial charge in [-0.3, -0.25) is 4.90 Å². The third-order valence-electron chi connectivity index (χ3n) is 3.72. The fourth-order valence-electron chi connectivity index (χ4n) is 2.38. The van der Waals surface area contributed by atoms with Crippen molar-refractivity contribution in [2.75, 3.05) is 64.4 Å². The number of sulfonamides is 1. The molecule has 8 heteroatoms. The van der Waals surface area contributed by atoms with E-state index in [0.29, 0.717) is 17.9 Å². The van der Waals surface area contributed by atoms with Crippen molar-refractivity contribution in [3.05, 3.63) is 18.2 Å². The van der Waals surface area contributed by atoms with Gasteiger partial charge in [-0.05, 0) is 18.2 Å². The molecule has 1 saturated heterocycles. The summed E-state index contributed by atoms with van der Waals surface area (Å²) in [4.78, 5) is 2.57. The molecule has 0 spiro atoms. The monoisotopic (exact) mass is 327 g/mol. The molecular weight excluding hydrogens is 302 g/mol. The third kappa shape index (κ3) is 4.10. The van der Waals surface area contributed by atoms with E-state index in [1.165, 1.54) is 24.5 Å². The van der Waals surface area contributed by atoms with Crippen LogP contribution < -0.4 is 16.4 Å². The normalized spacial score (nSPS) is 16.9. The molecule has 22 heavy (non-hydrogen) atoms. The Hall–Kier alpha value is -1.35. The van der Waals surface area contributed by atoms with E-state index in [9.17, 15) is 8.42 Å². The molecule has 0 unspecified atom stereocenters. The van der Waals surface area contributed by atoms with Gasteiger partial charge in [-0.15, -0.1) is 0 Å². The van der Waals surface area contributed by atoms with E-state index < -0.39 is 10.0 Å². The molecule has 0 bridgehead atoms. The van der Waals surface area contributed by atoms with Crippen molar-refractivity contribution in [2.45, 2.75) is 4.90 Å². The number of nitrogens with zero attached hydrogens (tertiary/aromatic N) is 2. The van der Waals surface area contributed by atoms with Gasteiger partial charge in [-0.2, -0.15) is 0 Å². The van der Waals surface area contributed by atoms with Crippen LogP contribution in [0.4, 0.5) is 11.4 Å². The van der Waals surface area contributed by atoms with Gasteiger partial charge in [-0.25, -0.2) is 12.7 Å². The Kier molecular flexibility index (Phi) is 5.63. The van der Waals surface area contributed by atoms with Crippen molar-refractivity contribution in [1.29, 1.82) is 0 Å². The maximum atomic E-state index is 12.4. The van der Waals surface area contributed by atoms with Gasteiger partial charge < -0.3 is 16.4 Å². The number of hydrogen-bond donors (Lipinski definition) is 3. The number of hydrogen-bond acceptors (Lipinski definition) is 6. The second-order valence-electron chi connectivity index (χ2n) is 5.56. The smallest absolute Gasteiger partial charge is 0.244 e. The molecule has 0 aliphatic carbocycles. The highest BCUT2D eigenvalue weighted by molar-refractivity contribution is 7.89. The van der Waals surface area contributed by atoms with Crippen LogP contribution in [0.15, 0.2) is 23.1 Å².